The van der Waals surface area contributed by atoms with Crippen molar-refractivity contribution in [3.05, 3.63) is 39.4 Å². The van der Waals surface area contributed by atoms with Gasteiger partial charge >= 0.3 is 5.97 Å². The third-order valence-electron chi connectivity index (χ3n) is 4.20. The fourth-order valence-electron chi connectivity index (χ4n) is 2.85. The van der Waals surface area contributed by atoms with Crippen LogP contribution in [-0.4, -0.2) is 38.7 Å². The lowest BCUT2D eigenvalue weighted by atomic mass is 10.2. The zero-order chi connectivity index (χ0) is 16.1. The van der Waals surface area contributed by atoms with Crippen LogP contribution in [0.5, 0.6) is 0 Å². The number of nitrogens with one attached hydrogen (secondary N) is 1. The monoisotopic (exact) mass is 376 g/mol. The highest BCUT2D eigenvalue weighted by atomic mass is 79.9. The van der Waals surface area contributed by atoms with E-state index in [1.807, 2.05) is 0 Å². The Morgan fingerprint density at radius 2 is 2.13 bits per heavy atom. The second kappa shape index (κ2) is 5.16. The van der Waals surface area contributed by atoms with Crippen molar-refractivity contribution in [3.63, 3.8) is 0 Å². The van der Waals surface area contributed by atoms with Gasteiger partial charge in [-0.05, 0) is 40.9 Å². The highest BCUT2D eigenvalue weighted by Crippen LogP contribution is 2.43. The number of halogens is 1. The maximum absolute atomic E-state index is 12.8. The van der Waals surface area contributed by atoms with Crippen molar-refractivity contribution in [1.29, 1.82) is 0 Å². The van der Waals surface area contributed by atoms with Crippen LogP contribution in [0.1, 0.15) is 51.1 Å². The van der Waals surface area contributed by atoms with E-state index < -0.39 is 5.97 Å². The maximum Gasteiger partial charge on any atom is 0.354 e. The van der Waals surface area contributed by atoms with Crippen LogP contribution in [0.2, 0.25) is 0 Å². The molecule has 0 atom stereocenters. The number of pyridine rings is 1. The summed E-state index contributed by atoms with van der Waals surface area (Å²) in [6.07, 6.45) is 2.77. The van der Waals surface area contributed by atoms with Crippen molar-refractivity contribution in [1.82, 2.24) is 15.2 Å². The minimum Gasteiger partial charge on any atom is -0.477 e. The van der Waals surface area contributed by atoms with Gasteiger partial charge in [-0.25, -0.2) is 9.78 Å². The number of hydrogen-bond acceptors (Lipinski definition) is 4. The lowest BCUT2D eigenvalue weighted by molar-refractivity contribution is 0.0690. The molecule has 1 aliphatic carbocycles. The van der Waals surface area contributed by atoms with E-state index in [9.17, 15) is 9.59 Å². The summed E-state index contributed by atoms with van der Waals surface area (Å²) >= 11 is 3.48. The van der Waals surface area contributed by atoms with Crippen LogP contribution in [0.3, 0.4) is 0 Å². The Kier molecular flexibility index (Phi) is 3.22. The van der Waals surface area contributed by atoms with E-state index in [0.717, 1.165) is 23.0 Å². The van der Waals surface area contributed by atoms with E-state index in [1.54, 1.807) is 11.0 Å². The van der Waals surface area contributed by atoms with E-state index in [1.165, 1.54) is 6.07 Å². The Hall–Kier alpha value is -2.22. The second-order valence-electron chi connectivity index (χ2n) is 5.75. The Bertz CT molecular complexity index is 828. The Morgan fingerprint density at radius 1 is 1.35 bits per heavy atom. The van der Waals surface area contributed by atoms with E-state index in [0.29, 0.717) is 36.0 Å². The summed E-state index contributed by atoms with van der Waals surface area (Å²) in [4.78, 5) is 29.5. The SMILES string of the molecule is O=C(O)c1ccc2c(n1)CCN2C(=O)c1n[nH]c(C2CC2)c1Br. The van der Waals surface area contributed by atoms with Gasteiger partial charge in [-0.1, -0.05) is 0 Å². The summed E-state index contributed by atoms with van der Waals surface area (Å²) in [5.41, 5.74) is 2.62. The Morgan fingerprint density at radius 3 is 2.83 bits per heavy atom. The van der Waals surface area contributed by atoms with Gasteiger partial charge in [-0.3, -0.25) is 9.89 Å². The molecule has 3 heterocycles. The summed E-state index contributed by atoms with van der Waals surface area (Å²) in [5, 5.41) is 16.1. The van der Waals surface area contributed by atoms with Crippen molar-refractivity contribution in [3.8, 4) is 0 Å². The summed E-state index contributed by atoms with van der Waals surface area (Å²) in [5.74, 6) is -0.811. The lowest BCUT2D eigenvalue weighted by Gasteiger charge is -2.15. The van der Waals surface area contributed by atoms with Crippen molar-refractivity contribution in [2.24, 2.45) is 0 Å². The number of aromatic carboxylic acids is 1. The molecule has 7 nitrogen and oxygen atoms in total. The molecule has 2 aromatic rings. The number of amides is 1. The van der Waals surface area contributed by atoms with Gasteiger partial charge in [0, 0.05) is 18.9 Å². The number of rotatable bonds is 3. The summed E-state index contributed by atoms with van der Waals surface area (Å²) < 4.78 is 0.730. The molecule has 1 amide bonds. The van der Waals surface area contributed by atoms with E-state index in [-0.39, 0.29) is 11.6 Å². The van der Waals surface area contributed by atoms with Crippen LogP contribution in [0.25, 0.3) is 0 Å². The first-order valence-corrected chi connectivity index (χ1v) is 8.14. The van der Waals surface area contributed by atoms with Gasteiger partial charge in [0.05, 0.1) is 21.5 Å². The standard InChI is InChI=1S/C15H13BrN4O3/c16-11-12(7-1-2-7)18-19-13(11)14(21)20-6-5-8-10(20)4-3-9(17-8)15(22)23/h3-4,7H,1-2,5-6H2,(H,18,19)(H,22,23). The number of carbonyl (C=O) groups is 2. The predicted octanol–water partition coefficient (Wildman–Crippen LogP) is 2.35. The van der Waals surface area contributed by atoms with Crippen LogP contribution in [0.4, 0.5) is 5.69 Å². The third-order valence-corrected chi connectivity index (χ3v) is 5.00. The quantitative estimate of drug-likeness (QED) is 0.856. The molecule has 0 spiro atoms. The lowest BCUT2D eigenvalue weighted by Crippen LogP contribution is -2.29. The largest absolute Gasteiger partial charge is 0.477 e. The first kappa shape index (κ1) is 14.4. The number of aromatic amines is 1. The average Bonchev–Trinajstić information content (AvgIpc) is 3.17. The van der Waals surface area contributed by atoms with Crippen molar-refractivity contribution in [2.45, 2.75) is 25.2 Å². The Labute approximate surface area is 139 Å². The molecule has 0 bridgehead atoms. The topological polar surface area (TPSA) is 99.2 Å². The molecule has 23 heavy (non-hydrogen) atoms. The van der Waals surface area contributed by atoms with Crippen LogP contribution in [0.15, 0.2) is 16.6 Å². The van der Waals surface area contributed by atoms with Gasteiger partial charge in [-0.15, -0.1) is 0 Å². The summed E-state index contributed by atoms with van der Waals surface area (Å²) in [6, 6.07) is 3.06. The van der Waals surface area contributed by atoms with Crippen molar-refractivity contribution >= 4 is 33.5 Å². The molecule has 1 aliphatic heterocycles. The minimum absolute atomic E-state index is 0.00461. The zero-order valence-electron chi connectivity index (χ0n) is 12.0. The van der Waals surface area contributed by atoms with Crippen LogP contribution >= 0.6 is 15.9 Å². The molecule has 1 saturated carbocycles. The molecular weight excluding hydrogens is 364 g/mol. The summed E-state index contributed by atoms with van der Waals surface area (Å²) in [6.45, 7) is 0.475. The molecule has 0 radical (unpaired) electrons. The molecule has 2 aliphatic rings. The third kappa shape index (κ3) is 2.33. The number of nitrogens with zero attached hydrogens (tertiary/aromatic N) is 3. The molecule has 2 aromatic heterocycles. The van der Waals surface area contributed by atoms with Crippen LogP contribution in [-0.2, 0) is 6.42 Å². The fraction of sp³-hybridized carbons (Fsp3) is 0.333. The molecule has 4 rings (SSSR count). The number of carbonyl (C=O) groups excluding carboxylic acids is 1. The molecular formula is C15H13BrN4O3. The van der Waals surface area contributed by atoms with E-state index in [4.69, 9.17) is 5.11 Å². The molecule has 1 fully saturated rings. The first-order valence-electron chi connectivity index (χ1n) is 7.35. The van der Waals surface area contributed by atoms with Gasteiger partial charge < -0.3 is 10.0 Å². The number of hydrogen-bond donors (Lipinski definition) is 2. The van der Waals surface area contributed by atoms with Crippen molar-refractivity contribution < 1.29 is 14.7 Å². The second-order valence-corrected chi connectivity index (χ2v) is 6.54. The highest BCUT2D eigenvalue weighted by Gasteiger charge is 2.34. The van der Waals surface area contributed by atoms with Gasteiger partial charge in [-0.2, -0.15) is 5.10 Å². The highest BCUT2D eigenvalue weighted by molar-refractivity contribution is 9.10. The van der Waals surface area contributed by atoms with E-state index >= 15 is 0 Å². The number of fused-ring (bicyclic) bond motifs is 1. The first-order chi connectivity index (χ1) is 11.1. The van der Waals surface area contributed by atoms with Gasteiger partial charge in [0.25, 0.3) is 5.91 Å². The minimum atomic E-state index is -1.07. The maximum atomic E-state index is 12.8. The van der Waals surface area contributed by atoms with Crippen LogP contribution in [0, 0.1) is 0 Å². The normalized spacial score (nSPS) is 16.5. The molecule has 0 aromatic carbocycles. The molecule has 8 heteroatoms. The van der Waals surface area contributed by atoms with Crippen LogP contribution < -0.4 is 4.90 Å². The average molecular weight is 377 g/mol. The van der Waals surface area contributed by atoms with Gasteiger partial charge in [0.15, 0.2) is 5.69 Å². The predicted molar refractivity (Wildman–Crippen MR) is 84.8 cm³/mol. The van der Waals surface area contributed by atoms with E-state index in [2.05, 4.69) is 31.1 Å². The number of anilines is 1. The van der Waals surface area contributed by atoms with Gasteiger partial charge in [0.1, 0.15) is 5.69 Å². The Balaban J connectivity index is 1.65. The smallest absolute Gasteiger partial charge is 0.354 e. The summed E-state index contributed by atoms with van der Waals surface area (Å²) in [7, 11) is 0. The van der Waals surface area contributed by atoms with Crippen molar-refractivity contribution in [2.75, 3.05) is 11.4 Å². The molecule has 2 N–H and O–H groups in total. The fourth-order valence-corrected chi connectivity index (χ4v) is 3.52. The number of carboxylic acid groups (broad SMARTS) is 1. The number of H-pyrrole nitrogens is 1. The molecule has 0 saturated heterocycles. The molecule has 0 unspecified atom stereocenters. The van der Waals surface area contributed by atoms with Gasteiger partial charge in [0.2, 0.25) is 0 Å². The zero-order valence-corrected chi connectivity index (χ0v) is 13.6. The number of carboxylic acids is 1. The molecule has 118 valence electrons. The number of aromatic nitrogens is 3.